The van der Waals surface area contributed by atoms with Crippen molar-refractivity contribution >= 4 is 5.69 Å². The average molecular weight is 310 g/mol. The van der Waals surface area contributed by atoms with E-state index in [1.54, 1.807) is 20.5 Å². The summed E-state index contributed by atoms with van der Waals surface area (Å²) < 4.78 is 12.3. The van der Waals surface area contributed by atoms with Gasteiger partial charge in [-0.05, 0) is 48.5 Å². The van der Waals surface area contributed by atoms with Crippen molar-refractivity contribution in [3.8, 4) is 17.2 Å². The topological polar surface area (TPSA) is 61.2 Å². The van der Waals surface area contributed by atoms with E-state index in [2.05, 4.69) is 15.5 Å². The lowest BCUT2D eigenvalue weighted by Crippen LogP contribution is -2.07. The minimum Gasteiger partial charge on any atom is -0.497 e. The molecule has 0 bridgehead atoms. The van der Waals surface area contributed by atoms with Gasteiger partial charge in [-0.2, -0.15) is 0 Å². The van der Waals surface area contributed by atoms with Crippen LogP contribution in [0, 0.1) is 0 Å². The summed E-state index contributed by atoms with van der Waals surface area (Å²) in [6.07, 6.45) is 1.70. The molecule has 3 aromatic rings. The van der Waals surface area contributed by atoms with Gasteiger partial charge in [0.2, 0.25) is 0 Å². The molecule has 0 aliphatic carbocycles. The molecule has 0 amide bonds. The molecule has 0 saturated carbocycles. The van der Waals surface area contributed by atoms with Crippen molar-refractivity contribution in [3.05, 3.63) is 60.7 Å². The predicted octanol–water partition coefficient (Wildman–Crippen LogP) is 2.90. The molecule has 0 radical (unpaired) electrons. The summed E-state index contributed by atoms with van der Waals surface area (Å²) >= 11 is 0. The average Bonchev–Trinajstić information content (AvgIpc) is 3.09. The second-order valence-corrected chi connectivity index (χ2v) is 4.90. The van der Waals surface area contributed by atoms with Crippen molar-refractivity contribution in [2.24, 2.45) is 0 Å². The Morgan fingerprint density at radius 1 is 0.913 bits per heavy atom. The third-order valence-electron chi connectivity index (χ3n) is 3.51. The summed E-state index contributed by atoms with van der Waals surface area (Å²) in [4.78, 5) is 0. The molecule has 6 nitrogen and oxygen atoms in total. The van der Waals surface area contributed by atoms with Crippen LogP contribution in [0.3, 0.4) is 0 Å². The van der Waals surface area contributed by atoms with Crippen molar-refractivity contribution in [2.45, 2.75) is 6.54 Å². The molecule has 0 atom stereocenters. The number of rotatable bonds is 6. The van der Waals surface area contributed by atoms with E-state index in [1.807, 2.05) is 53.1 Å². The largest absolute Gasteiger partial charge is 0.497 e. The van der Waals surface area contributed by atoms with Crippen molar-refractivity contribution in [3.63, 3.8) is 0 Å². The Balaban J connectivity index is 1.72. The van der Waals surface area contributed by atoms with Crippen molar-refractivity contribution in [2.75, 3.05) is 19.5 Å². The minimum atomic E-state index is 0.568. The van der Waals surface area contributed by atoms with Gasteiger partial charge in [-0.3, -0.25) is 4.57 Å². The molecule has 118 valence electrons. The fourth-order valence-corrected chi connectivity index (χ4v) is 2.23. The summed E-state index contributed by atoms with van der Waals surface area (Å²) in [6, 6.07) is 15.5. The zero-order chi connectivity index (χ0) is 16.1. The van der Waals surface area contributed by atoms with Gasteiger partial charge in [-0.15, -0.1) is 10.2 Å². The maximum absolute atomic E-state index is 5.18. The molecule has 1 N–H and O–H groups in total. The first-order valence-electron chi connectivity index (χ1n) is 7.21. The smallest absolute Gasteiger partial charge is 0.156 e. The van der Waals surface area contributed by atoms with Crippen LogP contribution >= 0.6 is 0 Å². The zero-order valence-corrected chi connectivity index (χ0v) is 13.1. The maximum atomic E-state index is 5.18. The zero-order valence-electron chi connectivity index (χ0n) is 13.1. The summed E-state index contributed by atoms with van der Waals surface area (Å²) in [5.74, 6) is 2.47. The van der Waals surface area contributed by atoms with E-state index in [0.717, 1.165) is 28.7 Å². The number of nitrogens with one attached hydrogen (secondary N) is 1. The number of nitrogens with zero attached hydrogens (tertiary/aromatic N) is 3. The molecule has 2 aromatic carbocycles. The molecule has 6 heteroatoms. The quantitative estimate of drug-likeness (QED) is 0.758. The van der Waals surface area contributed by atoms with Crippen LogP contribution in [0.4, 0.5) is 5.69 Å². The number of aromatic nitrogens is 3. The molecule has 0 aliphatic rings. The van der Waals surface area contributed by atoms with Crippen LogP contribution < -0.4 is 14.8 Å². The number of hydrogen-bond donors (Lipinski definition) is 1. The Labute approximate surface area is 134 Å². The van der Waals surface area contributed by atoms with Gasteiger partial charge in [0.15, 0.2) is 5.82 Å². The Morgan fingerprint density at radius 2 is 1.52 bits per heavy atom. The lowest BCUT2D eigenvalue weighted by Gasteiger charge is -2.10. The van der Waals surface area contributed by atoms with Gasteiger partial charge in [-0.1, -0.05) is 0 Å². The molecule has 3 rings (SSSR count). The van der Waals surface area contributed by atoms with Gasteiger partial charge in [-0.25, -0.2) is 0 Å². The number of anilines is 1. The van der Waals surface area contributed by atoms with Crippen LogP contribution in [0.2, 0.25) is 0 Å². The Kier molecular flexibility index (Phi) is 4.42. The lowest BCUT2D eigenvalue weighted by molar-refractivity contribution is 0.414. The third kappa shape index (κ3) is 3.42. The van der Waals surface area contributed by atoms with E-state index in [-0.39, 0.29) is 0 Å². The predicted molar refractivity (Wildman–Crippen MR) is 88.2 cm³/mol. The van der Waals surface area contributed by atoms with E-state index in [1.165, 1.54) is 0 Å². The standard InChI is InChI=1S/C17H18N4O2/c1-22-15-7-3-13(4-8-15)18-11-17-20-19-12-21(17)14-5-9-16(23-2)10-6-14/h3-10,12,18H,11H2,1-2H3. The van der Waals surface area contributed by atoms with Crippen LogP contribution in [0.15, 0.2) is 54.9 Å². The number of benzene rings is 2. The SMILES string of the molecule is COc1ccc(NCc2nncn2-c2ccc(OC)cc2)cc1. The molecule has 1 aromatic heterocycles. The van der Waals surface area contributed by atoms with Crippen LogP contribution in [0.5, 0.6) is 11.5 Å². The fourth-order valence-electron chi connectivity index (χ4n) is 2.23. The highest BCUT2D eigenvalue weighted by Crippen LogP contribution is 2.18. The highest BCUT2D eigenvalue weighted by Gasteiger charge is 2.06. The van der Waals surface area contributed by atoms with Gasteiger partial charge in [0.1, 0.15) is 17.8 Å². The van der Waals surface area contributed by atoms with Gasteiger partial charge in [0, 0.05) is 11.4 Å². The van der Waals surface area contributed by atoms with Crippen LogP contribution in [0.1, 0.15) is 5.82 Å². The number of hydrogen-bond acceptors (Lipinski definition) is 5. The van der Waals surface area contributed by atoms with Gasteiger partial charge in [0.05, 0.1) is 20.8 Å². The molecule has 0 aliphatic heterocycles. The molecule has 0 unspecified atom stereocenters. The van der Waals surface area contributed by atoms with Gasteiger partial charge >= 0.3 is 0 Å². The first-order valence-corrected chi connectivity index (χ1v) is 7.21. The van der Waals surface area contributed by atoms with E-state index >= 15 is 0 Å². The van der Waals surface area contributed by atoms with Crippen molar-refractivity contribution in [1.82, 2.24) is 14.8 Å². The van der Waals surface area contributed by atoms with Crippen molar-refractivity contribution < 1.29 is 9.47 Å². The molecule has 23 heavy (non-hydrogen) atoms. The van der Waals surface area contributed by atoms with E-state index in [9.17, 15) is 0 Å². The minimum absolute atomic E-state index is 0.568. The highest BCUT2D eigenvalue weighted by atomic mass is 16.5. The first-order chi connectivity index (χ1) is 11.3. The summed E-state index contributed by atoms with van der Waals surface area (Å²) in [6.45, 7) is 0.568. The lowest BCUT2D eigenvalue weighted by atomic mass is 10.3. The number of ether oxygens (including phenoxy) is 2. The van der Waals surface area contributed by atoms with Gasteiger partial charge < -0.3 is 14.8 Å². The summed E-state index contributed by atoms with van der Waals surface area (Å²) in [5, 5.41) is 11.5. The maximum Gasteiger partial charge on any atom is 0.156 e. The molecule has 0 spiro atoms. The van der Waals surface area contributed by atoms with Crippen molar-refractivity contribution in [1.29, 1.82) is 0 Å². The van der Waals surface area contributed by atoms with Gasteiger partial charge in [0.25, 0.3) is 0 Å². The fraction of sp³-hybridized carbons (Fsp3) is 0.176. The monoisotopic (exact) mass is 310 g/mol. The Hall–Kier alpha value is -3.02. The van der Waals surface area contributed by atoms with E-state index < -0.39 is 0 Å². The molecule has 0 saturated heterocycles. The molecule has 0 fully saturated rings. The molecular weight excluding hydrogens is 292 g/mol. The second kappa shape index (κ2) is 6.83. The second-order valence-electron chi connectivity index (χ2n) is 4.90. The summed E-state index contributed by atoms with van der Waals surface area (Å²) in [5.41, 5.74) is 1.98. The molecule has 1 heterocycles. The molecular formula is C17H18N4O2. The van der Waals surface area contributed by atoms with Crippen LogP contribution in [-0.2, 0) is 6.54 Å². The normalized spacial score (nSPS) is 10.3. The highest BCUT2D eigenvalue weighted by molar-refractivity contribution is 5.46. The van der Waals surface area contributed by atoms with E-state index in [0.29, 0.717) is 6.54 Å². The van der Waals surface area contributed by atoms with Crippen LogP contribution in [-0.4, -0.2) is 29.0 Å². The third-order valence-corrected chi connectivity index (χ3v) is 3.51. The number of methoxy groups -OCH3 is 2. The first kappa shape index (κ1) is 14.9. The summed E-state index contributed by atoms with van der Waals surface area (Å²) in [7, 11) is 3.30. The Morgan fingerprint density at radius 3 is 2.13 bits per heavy atom. The Bertz CT molecular complexity index is 751. The van der Waals surface area contributed by atoms with E-state index in [4.69, 9.17) is 9.47 Å². The van der Waals surface area contributed by atoms with Crippen LogP contribution in [0.25, 0.3) is 5.69 Å².